The van der Waals surface area contributed by atoms with Crippen LogP contribution in [0.4, 0.5) is 5.82 Å². The standard InChI is InChI=1S/C12H16N6S/c1-6-8(3)16-12(17-9(6)4)19-11-7(2)10(18-13)14-5-15-11/h5H,13H2,1-4H3,(H,14,15,18). The van der Waals surface area contributed by atoms with Crippen LogP contribution in [0.3, 0.4) is 0 Å². The van der Waals surface area contributed by atoms with E-state index >= 15 is 0 Å². The van der Waals surface area contributed by atoms with Gasteiger partial charge in [-0.1, -0.05) is 0 Å². The third kappa shape index (κ3) is 2.82. The summed E-state index contributed by atoms with van der Waals surface area (Å²) in [4.78, 5) is 17.2. The Morgan fingerprint density at radius 3 is 2.21 bits per heavy atom. The minimum Gasteiger partial charge on any atom is -0.308 e. The topological polar surface area (TPSA) is 89.6 Å². The van der Waals surface area contributed by atoms with Crippen molar-refractivity contribution in [3.05, 3.63) is 28.8 Å². The molecule has 6 nitrogen and oxygen atoms in total. The van der Waals surface area contributed by atoms with E-state index in [9.17, 15) is 0 Å². The number of aromatic nitrogens is 4. The van der Waals surface area contributed by atoms with Crippen LogP contribution in [0.5, 0.6) is 0 Å². The summed E-state index contributed by atoms with van der Waals surface area (Å²) in [5.74, 6) is 6.01. The van der Waals surface area contributed by atoms with Crippen molar-refractivity contribution in [1.29, 1.82) is 0 Å². The van der Waals surface area contributed by atoms with E-state index in [0.717, 1.165) is 27.5 Å². The Morgan fingerprint density at radius 1 is 1.00 bits per heavy atom. The summed E-state index contributed by atoms with van der Waals surface area (Å²) in [7, 11) is 0. The zero-order chi connectivity index (χ0) is 14.0. The van der Waals surface area contributed by atoms with Crippen LogP contribution in [0.2, 0.25) is 0 Å². The van der Waals surface area contributed by atoms with Crippen molar-refractivity contribution < 1.29 is 0 Å². The lowest BCUT2D eigenvalue weighted by molar-refractivity contribution is 0.875. The highest BCUT2D eigenvalue weighted by Crippen LogP contribution is 2.28. The predicted molar refractivity (Wildman–Crippen MR) is 74.9 cm³/mol. The van der Waals surface area contributed by atoms with E-state index in [4.69, 9.17) is 5.84 Å². The minimum absolute atomic E-state index is 0.609. The van der Waals surface area contributed by atoms with Crippen molar-refractivity contribution in [3.8, 4) is 0 Å². The van der Waals surface area contributed by atoms with Gasteiger partial charge in [0.25, 0.3) is 0 Å². The van der Waals surface area contributed by atoms with Crippen LogP contribution in [0.15, 0.2) is 16.5 Å². The Labute approximate surface area is 116 Å². The molecule has 0 saturated carbocycles. The molecule has 0 atom stereocenters. The first-order chi connectivity index (χ1) is 9.02. The molecular weight excluding hydrogens is 260 g/mol. The Morgan fingerprint density at radius 2 is 1.63 bits per heavy atom. The molecule has 2 rings (SSSR count). The molecule has 19 heavy (non-hydrogen) atoms. The molecule has 0 aromatic carbocycles. The minimum atomic E-state index is 0.609. The molecule has 0 aliphatic heterocycles. The summed E-state index contributed by atoms with van der Waals surface area (Å²) in [5, 5.41) is 1.48. The highest BCUT2D eigenvalue weighted by Gasteiger charge is 2.11. The number of nitrogens with one attached hydrogen (secondary N) is 1. The Balaban J connectivity index is 2.36. The summed E-state index contributed by atoms with van der Waals surface area (Å²) in [6.45, 7) is 7.89. The quantitative estimate of drug-likeness (QED) is 0.383. The number of hydrazine groups is 1. The molecule has 0 unspecified atom stereocenters. The second-order valence-electron chi connectivity index (χ2n) is 4.20. The average molecular weight is 276 g/mol. The van der Waals surface area contributed by atoms with E-state index in [1.54, 1.807) is 0 Å². The molecule has 7 heteroatoms. The van der Waals surface area contributed by atoms with Gasteiger partial charge in [0.1, 0.15) is 17.2 Å². The maximum Gasteiger partial charge on any atom is 0.194 e. The number of nitrogens with zero attached hydrogens (tertiary/aromatic N) is 4. The summed E-state index contributed by atoms with van der Waals surface area (Å²) in [6.07, 6.45) is 1.47. The van der Waals surface area contributed by atoms with Gasteiger partial charge in [-0.15, -0.1) is 0 Å². The van der Waals surface area contributed by atoms with Gasteiger partial charge in [-0.3, -0.25) is 0 Å². The van der Waals surface area contributed by atoms with Crippen LogP contribution in [0, 0.1) is 27.7 Å². The Kier molecular flexibility index (Phi) is 3.96. The molecule has 0 saturated heterocycles. The highest BCUT2D eigenvalue weighted by molar-refractivity contribution is 7.99. The van der Waals surface area contributed by atoms with Crippen LogP contribution >= 0.6 is 11.8 Å². The summed E-state index contributed by atoms with van der Waals surface area (Å²) in [5.41, 5.74) is 6.52. The number of anilines is 1. The molecule has 3 N–H and O–H groups in total. The van der Waals surface area contributed by atoms with Crippen LogP contribution < -0.4 is 11.3 Å². The van der Waals surface area contributed by atoms with Gasteiger partial charge in [0.15, 0.2) is 5.16 Å². The molecular formula is C12H16N6S. The normalized spacial score (nSPS) is 10.6. The molecule has 0 fully saturated rings. The van der Waals surface area contributed by atoms with E-state index in [2.05, 4.69) is 25.4 Å². The monoisotopic (exact) mass is 276 g/mol. The smallest absolute Gasteiger partial charge is 0.194 e. The second kappa shape index (κ2) is 5.50. The van der Waals surface area contributed by atoms with Gasteiger partial charge in [0.05, 0.1) is 0 Å². The Bertz CT molecular complexity index is 590. The predicted octanol–water partition coefficient (Wildman–Crippen LogP) is 1.94. The van der Waals surface area contributed by atoms with Gasteiger partial charge in [-0.25, -0.2) is 25.8 Å². The molecule has 2 aromatic heterocycles. The average Bonchev–Trinajstić information content (AvgIpc) is 2.38. The zero-order valence-corrected chi connectivity index (χ0v) is 12.2. The van der Waals surface area contributed by atoms with E-state index in [0.29, 0.717) is 11.0 Å². The molecule has 0 bridgehead atoms. The van der Waals surface area contributed by atoms with E-state index in [-0.39, 0.29) is 0 Å². The van der Waals surface area contributed by atoms with Crippen LogP contribution in [0.1, 0.15) is 22.5 Å². The SMILES string of the molecule is Cc1nc(Sc2ncnc(NN)c2C)nc(C)c1C. The maximum atomic E-state index is 5.40. The number of rotatable bonds is 3. The highest BCUT2D eigenvalue weighted by atomic mass is 32.2. The fourth-order valence-corrected chi connectivity index (χ4v) is 2.44. The lowest BCUT2D eigenvalue weighted by atomic mass is 10.2. The second-order valence-corrected chi connectivity index (χ2v) is 5.16. The van der Waals surface area contributed by atoms with Gasteiger partial charge in [0.2, 0.25) is 0 Å². The van der Waals surface area contributed by atoms with Gasteiger partial charge < -0.3 is 5.43 Å². The molecule has 2 heterocycles. The lowest BCUT2D eigenvalue weighted by Crippen LogP contribution is -2.11. The van der Waals surface area contributed by atoms with Crippen LogP contribution in [0.25, 0.3) is 0 Å². The fraction of sp³-hybridized carbons (Fsp3) is 0.333. The van der Waals surface area contributed by atoms with Crippen LogP contribution in [-0.4, -0.2) is 19.9 Å². The number of nitrogen functional groups attached to an aromatic ring is 1. The molecule has 0 aliphatic rings. The number of nitrogens with two attached hydrogens (primary N) is 1. The number of hydrogen-bond acceptors (Lipinski definition) is 7. The van der Waals surface area contributed by atoms with Gasteiger partial charge >= 0.3 is 0 Å². The van der Waals surface area contributed by atoms with E-state index < -0.39 is 0 Å². The van der Waals surface area contributed by atoms with Crippen molar-refractivity contribution >= 4 is 17.6 Å². The molecule has 2 aromatic rings. The van der Waals surface area contributed by atoms with Crippen molar-refractivity contribution in [2.45, 2.75) is 37.9 Å². The summed E-state index contributed by atoms with van der Waals surface area (Å²) >= 11 is 1.41. The lowest BCUT2D eigenvalue weighted by Gasteiger charge is -2.09. The van der Waals surface area contributed by atoms with Gasteiger partial charge in [0, 0.05) is 17.0 Å². The zero-order valence-electron chi connectivity index (χ0n) is 11.4. The summed E-state index contributed by atoms with van der Waals surface area (Å²) < 4.78 is 0. The fourth-order valence-electron chi connectivity index (χ4n) is 1.56. The van der Waals surface area contributed by atoms with Gasteiger partial charge in [-0.05, 0) is 45.0 Å². The summed E-state index contributed by atoms with van der Waals surface area (Å²) in [6, 6.07) is 0. The van der Waals surface area contributed by atoms with Gasteiger partial charge in [-0.2, -0.15) is 0 Å². The first-order valence-corrected chi connectivity index (χ1v) is 6.62. The van der Waals surface area contributed by atoms with E-state index in [1.807, 2.05) is 27.7 Å². The molecule has 0 radical (unpaired) electrons. The molecule has 100 valence electrons. The first kappa shape index (κ1) is 13.7. The third-order valence-corrected chi connectivity index (χ3v) is 3.94. The van der Waals surface area contributed by atoms with Crippen molar-refractivity contribution in [1.82, 2.24) is 19.9 Å². The molecule has 0 amide bonds. The number of hydrogen-bond donors (Lipinski definition) is 2. The first-order valence-electron chi connectivity index (χ1n) is 5.80. The molecule has 0 aliphatic carbocycles. The van der Waals surface area contributed by atoms with Crippen LogP contribution in [-0.2, 0) is 0 Å². The van der Waals surface area contributed by atoms with Crippen molar-refractivity contribution in [2.24, 2.45) is 5.84 Å². The third-order valence-electron chi connectivity index (χ3n) is 2.97. The maximum absolute atomic E-state index is 5.40. The molecule has 0 spiro atoms. The Hall–Kier alpha value is -1.73. The van der Waals surface area contributed by atoms with Crippen molar-refractivity contribution in [3.63, 3.8) is 0 Å². The van der Waals surface area contributed by atoms with Crippen molar-refractivity contribution in [2.75, 3.05) is 5.43 Å². The largest absolute Gasteiger partial charge is 0.308 e. The number of aryl methyl sites for hydroxylation is 2. The van der Waals surface area contributed by atoms with E-state index in [1.165, 1.54) is 18.1 Å².